The molecule has 2 amide bonds. The molecule has 1 aliphatic rings. The van der Waals surface area contributed by atoms with Gasteiger partial charge in [0.15, 0.2) is 0 Å². The van der Waals surface area contributed by atoms with Crippen LogP contribution in [-0.4, -0.2) is 48.6 Å². The molecule has 6 nitrogen and oxygen atoms in total. The van der Waals surface area contributed by atoms with E-state index in [1.807, 2.05) is 18.2 Å². The molecule has 1 unspecified atom stereocenters. The fourth-order valence-electron chi connectivity index (χ4n) is 2.76. The molecular formula is C16H19N3O3S. The minimum absolute atomic E-state index is 0.0996. The summed E-state index contributed by atoms with van der Waals surface area (Å²) in [7, 11) is 1.30. The Morgan fingerprint density at radius 2 is 2.26 bits per heavy atom. The van der Waals surface area contributed by atoms with Gasteiger partial charge in [0.1, 0.15) is 6.54 Å². The number of rotatable bonds is 3. The van der Waals surface area contributed by atoms with Gasteiger partial charge in [-0.15, -0.1) is 11.3 Å². The van der Waals surface area contributed by atoms with Gasteiger partial charge < -0.3 is 15.0 Å². The molecular weight excluding hydrogens is 314 g/mol. The third-order valence-corrected chi connectivity index (χ3v) is 5.18. The van der Waals surface area contributed by atoms with Crippen LogP contribution in [0.4, 0.5) is 4.79 Å². The first-order chi connectivity index (χ1) is 11.2. The van der Waals surface area contributed by atoms with Crippen molar-refractivity contribution in [2.45, 2.75) is 18.8 Å². The molecule has 1 fully saturated rings. The molecule has 0 saturated carbocycles. The first-order valence-corrected chi connectivity index (χ1v) is 8.44. The zero-order chi connectivity index (χ0) is 16.2. The van der Waals surface area contributed by atoms with Gasteiger partial charge in [-0.1, -0.05) is 12.1 Å². The molecule has 1 aromatic heterocycles. The lowest BCUT2D eigenvalue weighted by molar-refractivity contribution is -0.139. The number of nitrogens with one attached hydrogen (secondary N) is 1. The lowest BCUT2D eigenvalue weighted by Gasteiger charge is -2.31. The Morgan fingerprint density at radius 1 is 1.43 bits per heavy atom. The van der Waals surface area contributed by atoms with E-state index in [0.717, 1.165) is 23.4 Å². The maximum absolute atomic E-state index is 12.2. The SMILES string of the molecule is COC(=O)CNC(=O)N1CCCC(c2nc3ccccc3s2)C1. The van der Waals surface area contributed by atoms with Crippen LogP contribution in [0.2, 0.25) is 0 Å². The van der Waals surface area contributed by atoms with E-state index in [2.05, 4.69) is 16.1 Å². The number of piperidine rings is 1. The average Bonchev–Trinajstić information content (AvgIpc) is 3.03. The number of fused-ring (bicyclic) bond motifs is 1. The van der Waals surface area contributed by atoms with E-state index in [1.54, 1.807) is 16.2 Å². The Hall–Kier alpha value is -2.15. The van der Waals surface area contributed by atoms with Crippen LogP contribution in [0.1, 0.15) is 23.8 Å². The van der Waals surface area contributed by atoms with Crippen molar-refractivity contribution in [3.8, 4) is 0 Å². The summed E-state index contributed by atoms with van der Waals surface area (Å²) in [4.78, 5) is 29.7. The van der Waals surface area contributed by atoms with Gasteiger partial charge in [0.25, 0.3) is 0 Å². The van der Waals surface area contributed by atoms with Gasteiger partial charge in [-0.25, -0.2) is 9.78 Å². The molecule has 7 heteroatoms. The molecule has 122 valence electrons. The topological polar surface area (TPSA) is 71.5 Å². The molecule has 3 rings (SSSR count). The number of benzene rings is 1. The summed E-state index contributed by atoms with van der Waals surface area (Å²) in [5, 5.41) is 3.68. The number of hydrogen-bond donors (Lipinski definition) is 1. The van der Waals surface area contributed by atoms with Crippen LogP contribution in [0.25, 0.3) is 10.2 Å². The Labute approximate surface area is 138 Å². The van der Waals surface area contributed by atoms with Crippen LogP contribution in [-0.2, 0) is 9.53 Å². The van der Waals surface area contributed by atoms with Crippen molar-refractivity contribution in [1.82, 2.24) is 15.2 Å². The van der Waals surface area contributed by atoms with Crippen molar-refractivity contribution in [3.63, 3.8) is 0 Å². The third kappa shape index (κ3) is 3.61. The lowest BCUT2D eigenvalue weighted by atomic mass is 9.99. The van der Waals surface area contributed by atoms with Gasteiger partial charge in [-0.05, 0) is 25.0 Å². The summed E-state index contributed by atoms with van der Waals surface area (Å²) in [5.41, 5.74) is 1.01. The second-order valence-corrected chi connectivity index (χ2v) is 6.60. The van der Waals surface area contributed by atoms with Gasteiger partial charge >= 0.3 is 12.0 Å². The predicted octanol–water partition coefficient (Wildman–Crippen LogP) is 2.36. The number of ether oxygens (including phenoxy) is 1. The maximum Gasteiger partial charge on any atom is 0.325 e. The number of para-hydroxylation sites is 1. The molecule has 1 N–H and O–H groups in total. The number of nitrogens with zero attached hydrogens (tertiary/aromatic N) is 2. The summed E-state index contributed by atoms with van der Waals surface area (Å²) < 4.78 is 5.71. The molecule has 1 atom stereocenters. The van der Waals surface area contributed by atoms with Gasteiger partial charge in [-0.3, -0.25) is 4.79 Å². The molecule has 1 aliphatic heterocycles. The number of hydrogen-bond acceptors (Lipinski definition) is 5. The van der Waals surface area contributed by atoms with E-state index < -0.39 is 5.97 Å². The van der Waals surface area contributed by atoms with Crippen LogP contribution in [0.5, 0.6) is 0 Å². The van der Waals surface area contributed by atoms with E-state index in [4.69, 9.17) is 4.98 Å². The number of urea groups is 1. The monoisotopic (exact) mass is 333 g/mol. The Balaban J connectivity index is 1.65. The second kappa shape index (κ2) is 6.95. The second-order valence-electron chi connectivity index (χ2n) is 5.54. The number of thiazole rings is 1. The van der Waals surface area contributed by atoms with Gasteiger partial charge in [-0.2, -0.15) is 0 Å². The fraction of sp³-hybridized carbons (Fsp3) is 0.438. The van der Waals surface area contributed by atoms with E-state index in [1.165, 1.54) is 11.8 Å². The molecule has 0 aliphatic carbocycles. The zero-order valence-corrected chi connectivity index (χ0v) is 13.8. The van der Waals surface area contributed by atoms with Gasteiger partial charge in [0.05, 0.1) is 22.3 Å². The van der Waals surface area contributed by atoms with E-state index in [9.17, 15) is 9.59 Å². The number of methoxy groups -OCH3 is 1. The highest BCUT2D eigenvalue weighted by Gasteiger charge is 2.27. The number of amides is 2. The molecule has 23 heavy (non-hydrogen) atoms. The molecule has 0 spiro atoms. The summed E-state index contributed by atoms with van der Waals surface area (Å²) >= 11 is 1.70. The first kappa shape index (κ1) is 15.7. The van der Waals surface area contributed by atoms with Crippen molar-refractivity contribution >= 4 is 33.6 Å². The third-order valence-electron chi connectivity index (χ3n) is 3.98. The predicted molar refractivity (Wildman–Crippen MR) is 88.6 cm³/mol. The van der Waals surface area contributed by atoms with Crippen LogP contribution < -0.4 is 5.32 Å². The highest BCUT2D eigenvalue weighted by molar-refractivity contribution is 7.18. The molecule has 2 aromatic rings. The highest BCUT2D eigenvalue weighted by Crippen LogP contribution is 2.32. The standard InChI is InChI=1S/C16H19N3O3S/c1-22-14(20)9-17-16(21)19-8-4-5-11(10-19)15-18-12-6-2-3-7-13(12)23-15/h2-3,6-7,11H,4-5,8-10H2,1H3,(H,17,21). The molecule has 0 bridgehead atoms. The first-order valence-electron chi connectivity index (χ1n) is 7.62. The van der Waals surface area contributed by atoms with Crippen molar-refractivity contribution < 1.29 is 14.3 Å². The number of carbonyl (C=O) groups excluding carboxylic acids is 2. The van der Waals surface area contributed by atoms with Gasteiger partial charge in [0, 0.05) is 19.0 Å². The molecule has 2 heterocycles. The molecule has 1 saturated heterocycles. The van der Waals surface area contributed by atoms with E-state index in [0.29, 0.717) is 13.1 Å². The van der Waals surface area contributed by atoms with Crippen LogP contribution >= 0.6 is 11.3 Å². The zero-order valence-electron chi connectivity index (χ0n) is 12.9. The van der Waals surface area contributed by atoms with Crippen molar-refractivity contribution in [3.05, 3.63) is 29.3 Å². The smallest absolute Gasteiger partial charge is 0.325 e. The number of esters is 1. The molecule has 1 aromatic carbocycles. The Bertz CT molecular complexity index is 682. The van der Waals surface area contributed by atoms with Crippen molar-refractivity contribution in [1.29, 1.82) is 0 Å². The van der Waals surface area contributed by atoms with Crippen LogP contribution in [0.15, 0.2) is 24.3 Å². The normalized spacial score (nSPS) is 18.0. The van der Waals surface area contributed by atoms with Crippen molar-refractivity contribution in [2.24, 2.45) is 0 Å². The lowest BCUT2D eigenvalue weighted by Crippen LogP contribution is -2.46. The minimum Gasteiger partial charge on any atom is -0.468 e. The number of carbonyl (C=O) groups is 2. The van der Waals surface area contributed by atoms with E-state index in [-0.39, 0.29) is 18.5 Å². The molecule has 0 radical (unpaired) electrons. The quantitative estimate of drug-likeness (QED) is 0.875. The number of aromatic nitrogens is 1. The summed E-state index contributed by atoms with van der Waals surface area (Å²) in [6.07, 6.45) is 1.97. The van der Waals surface area contributed by atoms with E-state index >= 15 is 0 Å². The highest BCUT2D eigenvalue weighted by atomic mass is 32.1. The summed E-state index contributed by atoms with van der Waals surface area (Å²) in [6, 6.07) is 7.86. The summed E-state index contributed by atoms with van der Waals surface area (Å²) in [5.74, 6) is -0.192. The summed E-state index contributed by atoms with van der Waals surface area (Å²) in [6.45, 7) is 1.23. The average molecular weight is 333 g/mol. The maximum atomic E-state index is 12.2. The Kier molecular flexibility index (Phi) is 4.76. The van der Waals surface area contributed by atoms with Crippen molar-refractivity contribution in [2.75, 3.05) is 26.7 Å². The minimum atomic E-state index is -0.446. The largest absolute Gasteiger partial charge is 0.468 e. The Morgan fingerprint density at radius 3 is 3.04 bits per heavy atom. The van der Waals surface area contributed by atoms with Gasteiger partial charge in [0.2, 0.25) is 0 Å². The van der Waals surface area contributed by atoms with Crippen LogP contribution in [0, 0.1) is 0 Å². The fourth-order valence-corrected chi connectivity index (χ4v) is 3.85. The van der Waals surface area contributed by atoms with Crippen LogP contribution in [0.3, 0.4) is 0 Å². The number of likely N-dealkylation sites (tertiary alicyclic amines) is 1.